The first-order chi connectivity index (χ1) is 11.7. The summed E-state index contributed by atoms with van der Waals surface area (Å²) in [5.74, 6) is 0.676. The minimum Gasteiger partial charge on any atom is -0.383 e. The number of hydrogen-bond donors (Lipinski definition) is 1. The van der Waals surface area contributed by atoms with Crippen molar-refractivity contribution in [2.24, 2.45) is 5.92 Å². The lowest BCUT2D eigenvalue weighted by Gasteiger charge is -2.31. The Balaban J connectivity index is 1.60. The number of nitrogens with one attached hydrogen (secondary N) is 1. The highest BCUT2D eigenvalue weighted by Crippen LogP contribution is 2.31. The van der Waals surface area contributed by atoms with Crippen LogP contribution in [0.1, 0.15) is 44.6 Å². The number of aromatic nitrogens is 2. The zero-order chi connectivity index (χ0) is 16.9. The quantitative estimate of drug-likeness (QED) is 0.861. The van der Waals surface area contributed by atoms with Crippen LogP contribution in [0.4, 0.5) is 5.82 Å². The van der Waals surface area contributed by atoms with Gasteiger partial charge in [0.15, 0.2) is 0 Å². The molecule has 0 radical (unpaired) electrons. The van der Waals surface area contributed by atoms with Crippen molar-refractivity contribution in [2.75, 3.05) is 32.1 Å². The zero-order valence-corrected chi connectivity index (χ0v) is 14.2. The first-order valence-electron chi connectivity index (χ1n) is 8.80. The first-order valence-corrected chi connectivity index (χ1v) is 8.80. The molecule has 1 N–H and O–H groups in total. The molecule has 1 unspecified atom stereocenters. The van der Waals surface area contributed by atoms with E-state index in [1.54, 1.807) is 18.2 Å². The van der Waals surface area contributed by atoms with Gasteiger partial charge in [0.2, 0.25) is 11.8 Å². The van der Waals surface area contributed by atoms with Gasteiger partial charge in [-0.3, -0.25) is 9.59 Å². The Kier molecular flexibility index (Phi) is 5.50. The molecule has 1 saturated heterocycles. The predicted octanol–water partition coefficient (Wildman–Crippen LogP) is 1.82. The topological polar surface area (TPSA) is 76.5 Å². The molecule has 2 fully saturated rings. The Bertz CT molecular complexity index is 580. The molecule has 1 aromatic heterocycles. The average Bonchev–Trinajstić information content (AvgIpc) is 3.25. The highest BCUT2D eigenvalue weighted by molar-refractivity contribution is 5.93. The average molecular weight is 334 g/mol. The van der Waals surface area contributed by atoms with Crippen LogP contribution in [-0.2, 0) is 14.3 Å². The third-order valence-corrected chi connectivity index (χ3v) is 5.03. The summed E-state index contributed by atoms with van der Waals surface area (Å²) < 4.78 is 6.99. The van der Waals surface area contributed by atoms with Crippen molar-refractivity contribution >= 4 is 17.6 Å². The lowest BCUT2D eigenvalue weighted by molar-refractivity contribution is -0.137. The van der Waals surface area contributed by atoms with Gasteiger partial charge in [-0.2, -0.15) is 5.10 Å². The lowest BCUT2D eigenvalue weighted by atomic mass is 9.96. The maximum atomic E-state index is 12.6. The fourth-order valence-corrected chi connectivity index (χ4v) is 3.63. The van der Waals surface area contributed by atoms with Crippen molar-refractivity contribution in [1.29, 1.82) is 0 Å². The molecule has 2 amide bonds. The zero-order valence-electron chi connectivity index (χ0n) is 14.2. The Hall–Kier alpha value is -1.89. The van der Waals surface area contributed by atoms with E-state index in [1.165, 1.54) is 12.8 Å². The highest BCUT2D eigenvalue weighted by atomic mass is 16.5. The van der Waals surface area contributed by atoms with E-state index in [9.17, 15) is 9.59 Å². The van der Waals surface area contributed by atoms with E-state index in [4.69, 9.17) is 4.74 Å². The molecular weight excluding hydrogens is 308 g/mol. The molecule has 1 atom stereocenters. The summed E-state index contributed by atoms with van der Waals surface area (Å²) in [5.41, 5.74) is 0. The van der Waals surface area contributed by atoms with Crippen LogP contribution < -0.4 is 5.32 Å². The monoisotopic (exact) mass is 334 g/mol. The molecule has 7 heteroatoms. The number of nitrogens with zero attached hydrogens (tertiary/aromatic N) is 3. The number of methoxy groups -OCH3 is 1. The fraction of sp³-hybridized carbons (Fsp3) is 0.706. The van der Waals surface area contributed by atoms with Gasteiger partial charge in [-0.15, -0.1) is 0 Å². The van der Waals surface area contributed by atoms with Crippen molar-refractivity contribution in [3.8, 4) is 0 Å². The molecule has 3 rings (SSSR count). The smallest absolute Gasteiger partial charge is 0.230 e. The summed E-state index contributed by atoms with van der Waals surface area (Å²) in [7, 11) is 1.61. The number of likely N-dealkylation sites (tertiary alicyclic amines) is 1. The number of hydrogen-bond acceptors (Lipinski definition) is 4. The Morgan fingerprint density at radius 2 is 2.17 bits per heavy atom. The van der Waals surface area contributed by atoms with Crippen LogP contribution in [0.15, 0.2) is 12.3 Å². The van der Waals surface area contributed by atoms with Gasteiger partial charge in [-0.25, -0.2) is 4.68 Å². The Morgan fingerprint density at radius 3 is 2.92 bits per heavy atom. The van der Waals surface area contributed by atoms with Gasteiger partial charge in [0.05, 0.1) is 24.8 Å². The van der Waals surface area contributed by atoms with Crippen LogP contribution in [0.5, 0.6) is 0 Å². The van der Waals surface area contributed by atoms with Crippen LogP contribution in [0, 0.1) is 5.92 Å². The van der Waals surface area contributed by atoms with E-state index < -0.39 is 0 Å². The van der Waals surface area contributed by atoms with Crippen molar-refractivity contribution in [1.82, 2.24) is 14.7 Å². The van der Waals surface area contributed by atoms with E-state index in [0.29, 0.717) is 38.6 Å². The van der Waals surface area contributed by atoms with E-state index in [0.717, 1.165) is 18.7 Å². The molecule has 24 heavy (non-hydrogen) atoms. The molecule has 2 aliphatic rings. The molecule has 0 aromatic carbocycles. The number of rotatable bonds is 6. The number of amides is 2. The van der Waals surface area contributed by atoms with Gasteiger partial charge >= 0.3 is 0 Å². The van der Waals surface area contributed by atoms with Crippen molar-refractivity contribution in [3.63, 3.8) is 0 Å². The molecule has 1 saturated carbocycles. The van der Waals surface area contributed by atoms with Crippen LogP contribution >= 0.6 is 0 Å². The molecule has 0 bridgehead atoms. The molecule has 1 aliphatic heterocycles. The number of carbonyl (C=O) groups is 2. The second-order valence-electron chi connectivity index (χ2n) is 6.66. The predicted molar refractivity (Wildman–Crippen MR) is 89.5 cm³/mol. The second kappa shape index (κ2) is 7.79. The fourth-order valence-electron chi connectivity index (χ4n) is 3.63. The minimum atomic E-state index is -0.175. The second-order valence-corrected chi connectivity index (χ2v) is 6.66. The molecule has 2 heterocycles. The van der Waals surface area contributed by atoms with Gasteiger partial charge < -0.3 is 15.0 Å². The number of anilines is 1. The maximum absolute atomic E-state index is 12.6. The van der Waals surface area contributed by atoms with Crippen LogP contribution in [0.3, 0.4) is 0 Å². The largest absolute Gasteiger partial charge is 0.383 e. The van der Waals surface area contributed by atoms with Gasteiger partial charge in [0.1, 0.15) is 5.82 Å². The Morgan fingerprint density at radius 1 is 1.38 bits per heavy atom. The molecular formula is C17H26N4O3. The SMILES string of the molecule is COCCN1CC(C(=O)Nc2ccnn2C2CCCC2)CCC1=O. The molecule has 7 nitrogen and oxygen atoms in total. The maximum Gasteiger partial charge on any atom is 0.230 e. The number of piperidine rings is 1. The third kappa shape index (κ3) is 3.77. The first kappa shape index (κ1) is 17.0. The molecule has 1 aromatic rings. The summed E-state index contributed by atoms with van der Waals surface area (Å²) in [4.78, 5) is 26.3. The van der Waals surface area contributed by atoms with Crippen molar-refractivity contribution in [2.45, 2.75) is 44.6 Å². The van der Waals surface area contributed by atoms with Crippen LogP contribution in [0.2, 0.25) is 0 Å². The van der Waals surface area contributed by atoms with Crippen LogP contribution in [-0.4, -0.2) is 53.3 Å². The number of carbonyl (C=O) groups excluding carboxylic acids is 2. The van der Waals surface area contributed by atoms with Crippen molar-refractivity contribution < 1.29 is 14.3 Å². The summed E-state index contributed by atoms with van der Waals surface area (Å²) in [6.45, 7) is 1.50. The third-order valence-electron chi connectivity index (χ3n) is 5.03. The highest BCUT2D eigenvalue weighted by Gasteiger charge is 2.31. The summed E-state index contributed by atoms with van der Waals surface area (Å²) >= 11 is 0. The summed E-state index contributed by atoms with van der Waals surface area (Å²) in [5, 5.41) is 7.41. The van der Waals surface area contributed by atoms with E-state index >= 15 is 0 Å². The number of ether oxygens (including phenoxy) is 1. The molecule has 0 spiro atoms. The van der Waals surface area contributed by atoms with Crippen LogP contribution in [0.25, 0.3) is 0 Å². The van der Waals surface area contributed by atoms with Gasteiger partial charge in [0, 0.05) is 32.7 Å². The summed E-state index contributed by atoms with van der Waals surface area (Å²) in [6, 6.07) is 2.24. The van der Waals surface area contributed by atoms with E-state index in [-0.39, 0.29) is 17.7 Å². The lowest BCUT2D eigenvalue weighted by Crippen LogP contribution is -2.45. The summed E-state index contributed by atoms with van der Waals surface area (Å²) in [6.07, 6.45) is 7.44. The van der Waals surface area contributed by atoms with Gasteiger partial charge in [0.25, 0.3) is 0 Å². The Labute approximate surface area is 142 Å². The van der Waals surface area contributed by atoms with Gasteiger partial charge in [-0.05, 0) is 19.3 Å². The normalized spacial score (nSPS) is 22.1. The molecule has 1 aliphatic carbocycles. The van der Waals surface area contributed by atoms with Gasteiger partial charge in [-0.1, -0.05) is 12.8 Å². The molecule has 132 valence electrons. The minimum absolute atomic E-state index is 0.0235. The van der Waals surface area contributed by atoms with E-state index in [1.807, 2.05) is 10.7 Å². The van der Waals surface area contributed by atoms with E-state index in [2.05, 4.69) is 10.4 Å². The van der Waals surface area contributed by atoms with Crippen molar-refractivity contribution in [3.05, 3.63) is 12.3 Å². The standard InChI is InChI=1S/C17H26N4O3/c1-24-11-10-20-12-13(6-7-16(20)22)17(23)19-15-8-9-18-21(15)14-4-2-3-5-14/h8-9,13-14H,2-7,10-12H2,1H3,(H,19,23).